The number of esters is 1. The maximum absolute atomic E-state index is 14.5. The van der Waals surface area contributed by atoms with Crippen molar-refractivity contribution in [2.24, 2.45) is 0 Å². The lowest BCUT2D eigenvalue weighted by Gasteiger charge is -2.48. The largest absolute Gasteiger partial charge is 0.497 e. The number of aryl methyl sites for hydroxylation is 1. The minimum Gasteiger partial charge on any atom is -0.497 e. The Kier molecular flexibility index (Phi) is 6.23. The van der Waals surface area contributed by atoms with E-state index >= 15 is 0 Å². The summed E-state index contributed by atoms with van der Waals surface area (Å²) in [6.07, 6.45) is 3.96. The summed E-state index contributed by atoms with van der Waals surface area (Å²) in [7, 11) is 3.03. The van der Waals surface area contributed by atoms with Crippen LogP contribution in [0.25, 0.3) is 6.08 Å². The Bertz CT molecular complexity index is 1200. The summed E-state index contributed by atoms with van der Waals surface area (Å²) >= 11 is 0. The summed E-state index contributed by atoms with van der Waals surface area (Å²) in [4.78, 5) is 13.7. The van der Waals surface area contributed by atoms with Crippen LogP contribution in [0, 0.1) is 12.7 Å². The van der Waals surface area contributed by atoms with Crippen LogP contribution in [0.15, 0.2) is 66.7 Å². The second-order valence-electron chi connectivity index (χ2n) is 8.41. The molecule has 0 saturated carbocycles. The van der Waals surface area contributed by atoms with E-state index in [9.17, 15) is 9.18 Å². The van der Waals surface area contributed by atoms with E-state index in [1.807, 2.05) is 30.3 Å². The molecule has 4 nitrogen and oxygen atoms in total. The Morgan fingerprint density at radius 1 is 1.06 bits per heavy atom. The van der Waals surface area contributed by atoms with Gasteiger partial charge in [-0.3, -0.25) is 0 Å². The first-order chi connectivity index (χ1) is 15.9. The van der Waals surface area contributed by atoms with E-state index in [0.29, 0.717) is 5.56 Å². The number of nitrogens with zero attached hydrogens (tertiary/aromatic N) is 1. The third-order valence-corrected chi connectivity index (χ3v) is 6.53. The van der Waals surface area contributed by atoms with Crippen LogP contribution in [-0.4, -0.2) is 26.7 Å². The summed E-state index contributed by atoms with van der Waals surface area (Å²) in [6, 6.07) is 19.7. The Balaban J connectivity index is 1.82. The molecule has 0 saturated heterocycles. The van der Waals surface area contributed by atoms with Crippen molar-refractivity contribution in [1.29, 1.82) is 0 Å². The first kappa shape index (κ1) is 22.6. The van der Waals surface area contributed by atoms with Crippen LogP contribution >= 0.6 is 0 Å². The van der Waals surface area contributed by atoms with E-state index in [1.165, 1.54) is 18.7 Å². The normalized spacial score (nSPS) is 17.7. The molecule has 0 amide bonds. The van der Waals surface area contributed by atoms with Crippen molar-refractivity contribution in [3.8, 4) is 5.75 Å². The molecule has 1 aliphatic heterocycles. The molecule has 0 bridgehead atoms. The fourth-order valence-corrected chi connectivity index (χ4v) is 4.58. The highest BCUT2D eigenvalue weighted by atomic mass is 19.1. The lowest BCUT2D eigenvalue weighted by molar-refractivity contribution is -0.134. The number of anilines is 1. The van der Waals surface area contributed by atoms with Gasteiger partial charge in [0.25, 0.3) is 0 Å². The van der Waals surface area contributed by atoms with E-state index < -0.39 is 11.5 Å². The lowest BCUT2D eigenvalue weighted by Crippen LogP contribution is -2.49. The van der Waals surface area contributed by atoms with E-state index in [-0.39, 0.29) is 5.82 Å². The molecule has 170 valence electrons. The number of carbonyl (C=O) groups is 1. The van der Waals surface area contributed by atoms with Crippen molar-refractivity contribution in [2.45, 2.75) is 25.8 Å². The van der Waals surface area contributed by atoms with Crippen LogP contribution < -0.4 is 9.64 Å². The zero-order valence-electron chi connectivity index (χ0n) is 19.4. The van der Waals surface area contributed by atoms with Gasteiger partial charge in [0.15, 0.2) is 0 Å². The zero-order chi connectivity index (χ0) is 23.6. The molecule has 0 fully saturated rings. The molecule has 3 aromatic rings. The number of carbonyl (C=O) groups excluding carboxylic acids is 1. The second kappa shape index (κ2) is 9.10. The van der Waals surface area contributed by atoms with Crippen LogP contribution in [0.1, 0.15) is 34.7 Å². The Labute approximate surface area is 194 Å². The summed E-state index contributed by atoms with van der Waals surface area (Å²) in [5.74, 6) is 0.224. The predicted octanol–water partition coefficient (Wildman–Crippen LogP) is 5.66. The molecule has 0 aromatic heterocycles. The fourth-order valence-electron chi connectivity index (χ4n) is 4.58. The van der Waals surface area contributed by atoms with Crippen molar-refractivity contribution in [2.75, 3.05) is 25.7 Å². The molecule has 1 unspecified atom stereocenters. The maximum Gasteiger partial charge on any atom is 0.330 e. The van der Waals surface area contributed by atoms with Crippen LogP contribution in [0.5, 0.6) is 5.75 Å². The standard InChI is InChI=1S/C28H28FNO3/c1-19-5-11-23(18-26(19)29)30-16-15-21-17-24(32-3)12-13-25(21)28(30,2)22-9-6-20(7-10-22)8-14-27(31)33-4/h5-14,17-18H,15-16H2,1-4H3/b14-8+. The lowest BCUT2D eigenvalue weighted by atomic mass is 9.76. The molecule has 0 aliphatic carbocycles. The highest BCUT2D eigenvalue weighted by Gasteiger charge is 2.40. The van der Waals surface area contributed by atoms with E-state index in [0.717, 1.165) is 41.1 Å². The van der Waals surface area contributed by atoms with Crippen LogP contribution in [0.2, 0.25) is 0 Å². The third kappa shape index (κ3) is 4.23. The van der Waals surface area contributed by atoms with Gasteiger partial charge in [-0.15, -0.1) is 0 Å². The number of halogens is 1. The van der Waals surface area contributed by atoms with Crippen LogP contribution in [0.4, 0.5) is 10.1 Å². The minimum absolute atomic E-state index is 0.210. The summed E-state index contributed by atoms with van der Waals surface area (Å²) in [6.45, 7) is 4.69. The molecular weight excluding hydrogens is 417 g/mol. The first-order valence-corrected chi connectivity index (χ1v) is 10.9. The Morgan fingerprint density at radius 2 is 1.82 bits per heavy atom. The summed E-state index contributed by atoms with van der Waals surface area (Å²) < 4.78 is 24.7. The molecule has 1 aliphatic rings. The first-order valence-electron chi connectivity index (χ1n) is 10.9. The molecular formula is C28H28FNO3. The van der Waals surface area contributed by atoms with Crippen LogP contribution in [0.3, 0.4) is 0 Å². The topological polar surface area (TPSA) is 38.8 Å². The number of rotatable bonds is 5. The van der Waals surface area contributed by atoms with Gasteiger partial charge in [-0.2, -0.15) is 0 Å². The molecule has 5 heteroatoms. The zero-order valence-corrected chi connectivity index (χ0v) is 19.4. The molecule has 1 atom stereocenters. The highest BCUT2D eigenvalue weighted by molar-refractivity contribution is 5.86. The highest BCUT2D eigenvalue weighted by Crippen LogP contribution is 2.44. The van der Waals surface area contributed by atoms with Gasteiger partial charge in [0, 0.05) is 18.3 Å². The summed E-state index contributed by atoms with van der Waals surface area (Å²) in [5, 5.41) is 0. The molecule has 1 heterocycles. The fraction of sp³-hybridized carbons (Fsp3) is 0.250. The van der Waals surface area contributed by atoms with Crippen molar-refractivity contribution in [3.05, 3.63) is 100 Å². The van der Waals surface area contributed by atoms with E-state index in [4.69, 9.17) is 4.74 Å². The monoisotopic (exact) mass is 445 g/mol. The van der Waals surface area contributed by atoms with E-state index in [2.05, 4.69) is 40.8 Å². The smallest absolute Gasteiger partial charge is 0.330 e. The molecule has 0 radical (unpaired) electrons. The Hall–Kier alpha value is -3.60. The molecule has 0 spiro atoms. The van der Waals surface area contributed by atoms with Crippen molar-refractivity contribution in [3.63, 3.8) is 0 Å². The SMILES string of the molecule is COC(=O)/C=C/c1ccc(C2(C)c3ccc(OC)cc3CCN2c2ccc(C)c(F)c2)cc1. The van der Waals surface area contributed by atoms with Gasteiger partial charge in [0.05, 0.1) is 19.8 Å². The van der Waals surface area contributed by atoms with Crippen molar-refractivity contribution in [1.82, 2.24) is 0 Å². The van der Waals surface area contributed by atoms with Crippen molar-refractivity contribution < 1.29 is 18.7 Å². The van der Waals surface area contributed by atoms with Gasteiger partial charge in [-0.25, -0.2) is 9.18 Å². The number of hydrogen-bond acceptors (Lipinski definition) is 4. The van der Waals surface area contributed by atoms with Gasteiger partial charge < -0.3 is 14.4 Å². The average Bonchev–Trinajstić information content (AvgIpc) is 2.84. The van der Waals surface area contributed by atoms with Crippen molar-refractivity contribution >= 4 is 17.7 Å². The molecule has 0 N–H and O–H groups in total. The summed E-state index contributed by atoms with van der Waals surface area (Å²) in [5.41, 5.74) is 5.30. The number of hydrogen-bond donors (Lipinski definition) is 0. The number of methoxy groups -OCH3 is 2. The second-order valence-corrected chi connectivity index (χ2v) is 8.41. The van der Waals surface area contributed by atoms with Gasteiger partial charge in [-0.1, -0.05) is 36.4 Å². The number of ether oxygens (including phenoxy) is 2. The number of benzene rings is 3. The molecule has 33 heavy (non-hydrogen) atoms. The quantitative estimate of drug-likeness (QED) is 0.376. The van der Waals surface area contributed by atoms with E-state index in [1.54, 1.807) is 26.2 Å². The minimum atomic E-state index is -0.522. The van der Waals surface area contributed by atoms with Gasteiger partial charge in [-0.05, 0) is 78.4 Å². The van der Waals surface area contributed by atoms with Gasteiger partial charge in [0.1, 0.15) is 11.6 Å². The molecule has 3 aromatic carbocycles. The van der Waals surface area contributed by atoms with Crippen LogP contribution in [-0.2, 0) is 21.5 Å². The third-order valence-electron chi connectivity index (χ3n) is 6.53. The van der Waals surface area contributed by atoms with Gasteiger partial charge in [0.2, 0.25) is 0 Å². The molecule has 4 rings (SSSR count). The Morgan fingerprint density at radius 3 is 2.48 bits per heavy atom. The maximum atomic E-state index is 14.5. The number of fused-ring (bicyclic) bond motifs is 1. The predicted molar refractivity (Wildman–Crippen MR) is 129 cm³/mol. The average molecular weight is 446 g/mol. The van der Waals surface area contributed by atoms with Gasteiger partial charge >= 0.3 is 5.97 Å².